The number of rotatable bonds is 7. The first-order valence-electron chi connectivity index (χ1n) is 10.3. The van der Waals surface area contributed by atoms with E-state index in [0.717, 1.165) is 0 Å². The second kappa shape index (κ2) is 9.60. The summed E-state index contributed by atoms with van der Waals surface area (Å²) in [4.78, 5) is 37.5. The highest BCUT2D eigenvalue weighted by Gasteiger charge is 2.22. The minimum atomic E-state index is -0.503. The number of hydrogen-bond acceptors (Lipinski definition) is 6. The van der Waals surface area contributed by atoms with Crippen LogP contribution >= 0.6 is 0 Å². The predicted octanol–water partition coefficient (Wildman–Crippen LogP) is 5.36. The maximum atomic E-state index is 12.8. The van der Waals surface area contributed by atoms with Gasteiger partial charge in [-0.25, -0.2) is 0 Å². The average Bonchev–Trinajstić information content (AvgIpc) is 2.69. The molecule has 0 amide bonds. The van der Waals surface area contributed by atoms with Crippen molar-refractivity contribution in [1.29, 1.82) is 0 Å². The first kappa shape index (κ1) is 22.3. The quantitative estimate of drug-likeness (QED) is 0.376. The molecule has 162 valence electrons. The zero-order valence-corrected chi connectivity index (χ0v) is 18.1. The van der Waals surface area contributed by atoms with Gasteiger partial charge in [-0.3, -0.25) is 14.4 Å². The molecule has 0 spiro atoms. The zero-order chi connectivity index (χ0) is 22.5. The second-order valence-electron chi connectivity index (χ2n) is 8.25. The maximum Gasteiger partial charge on any atom is 0.311 e. The number of esters is 2. The molecule has 2 aromatic carbocycles. The lowest BCUT2D eigenvalue weighted by Gasteiger charge is -2.14. The van der Waals surface area contributed by atoms with E-state index in [1.54, 1.807) is 12.1 Å². The zero-order valence-electron chi connectivity index (χ0n) is 18.1. The first-order valence-corrected chi connectivity index (χ1v) is 10.3. The lowest BCUT2D eigenvalue weighted by molar-refractivity contribution is -0.138. The van der Waals surface area contributed by atoms with E-state index in [1.807, 2.05) is 45.9 Å². The highest BCUT2D eigenvalue weighted by atomic mass is 16.6. The maximum absolute atomic E-state index is 12.8. The van der Waals surface area contributed by atoms with Gasteiger partial charge >= 0.3 is 11.9 Å². The molecule has 0 N–H and O–H groups in total. The van der Waals surface area contributed by atoms with Gasteiger partial charge in [0.2, 0.25) is 5.75 Å². The van der Waals surface area contributed by atoms with Crippen molar-refractivity contribution in [3.05, 3.63) is 58.8 Å². The first-order chi connectivity index (χ1) is 14.7. The summed E-state index contributed by atoms with van der Waals surface area (Å²) >= 11 is 0. The number of carbonyl (C=O) groups is 2. The van der Waals surface area contributed by atoms with E-state index in [2.05, 4.69) is 0 Å². The van der Waals surface area contributed by atoms with Gasteiger partial charge in [0, 0.05) is 24.5 Å². The summed E-state index contributed by atoms with van der Waals surface area (Å²) in [5, 5.41) is 0.232. The molecular formula is C25H26O6. The Morgan fingerprint density at radius 1 is 0.871 bits per heavy atom. The van der Waals surface area contributed by atoms with Gasteiger partial charge in [-0.15, -0.1) is 0 Å². The summed E-state index contributed by atoms with van der Waals surface area (Å²) < 4.78 is 17.1. The van der Waals surface area contributed by atoms with Crippen LogP contribution in [-0.4, -0.2) is 11.9 Å². The van der Waals surface area contributed by atoms with E-state index in [4.69, 9.17) is 13.9 Å². The van der Waals surface area contributed by atoms with Crippen LogP contribution in [0.4, 0.5) is 0 Å². The van der Waals surface area contributed by atoms with E-state index in [0.29, 0.717) is 11.3 Å². The summed E-state index contributed by atoms with van der Waals surface area (Å²) in [7, 11) is 0. The average molecular weight is 422 g/mol. The van der Waals surface area contributed by atoms with Gasteiger partial charge in [-0.1, -0.05) is 58.0 Å². The lowest BCUT2D eigenvalue weighted by Crippen LogP contribution is -2.15. The molecule has 0 atom stereocenters. The molecule has 0 radical (unpaired) electrons. The minimum Gasteiger partial charge on any atom is -0.452 e. The minimum absolute atomic E-state index is 0.0450. The Kier molecular flexibility index (Phi) is 6.90. The molecule has 0 saturated carbocycles. The van der Waals surface area contributed by atoms with E-state index in [9.17, 15) is 14.4 Å². The monoisotopic (exact) mass is 422 g/mol. The van der Waals surface area contributed by atoms with Crippen LogP contribution in [0, 0.1) is 11.8 Å². The Labute approximate surface area is 180 Å². The number of hydrogen-bond donors (Lipinski definition) is 0. The van der Waals surface area contributed by atoms with Crippen LogP contribution in [0.25, 0.3) is 22.3 Å². The third-order valence-electron chi connectivity index (χ3n) is 4.46. The highest BCUT2D eigenvalue weighted by Crippen LogP contribution is 2.37. The van der Waals surface area contributed by atoms with E-state index in [-0.39, 0.29) is 52.6 Å². The van der Waals surface area contributed by atoms with Crippen LogP contribution in [0.5, 0.6) is 11.5 Å². The summed E-state index contributed by atoms with van der Waals surface area (Å²) in [5.41, 5.74) is 0.475. The molecule has 0 unspecified atom stereocenters. The molecule has 0 aliphatic rings. The van der Waals surface area contributed by atoms with Crippen molar-refractivity contribution >= 4 is 22.9 Å². The van der Waals surface area contributed by atoms with Crippen molar-refractivity contribution in [2.45, 2.75) is 40.5 Å². The Morgan fingerprint density at radius 3 is 2.10 bits per heavy atom. The Hall–Kier alpha value is -3.41. The van der Waals surface area contributed by atoms with Gasteiger partial charge in [-0.2, -0.15) is 0 Å². The molecule has 0 bridgehead atoms. The molecular weight excluding hydrogens is 396 g/mol. The molecule has 6 nitrogen and oxygen atoms in total. The lowest BCUT2D eigenvalue weighted by atomic mass is 10.1. The van der Waals surface area contributed by atoms with Crippen LogP contribution in [0.1, 0.15) is 40.5 Å². The summed E-state index contributed by atoms with van der Waals surface area (Å²) in [6.45, 7) is 7.58. The molecule has 3 aromatic rings. The standard InChI is InChI=1S/C25H26O6/c1-15(2)12-22(27)29-20-11-10-18-19(26)14-21(17-8-6-5-7-9-17)30-24(18)25(20)31-23(28)13-16(3)4/h5-11,14-16H,12-13H2,1-4H3. The second-order valence-corrected chi connectivity index (χ2v) is 8.25. The fourth-order valence-corrected chi connectivity index (χ4v) is 3.08. The molecule has 0 aliphatic heterocycles. The van der Waals surface area contributed by atoms with E-state index >= 15 is 0 Å². The van der Waals surface area contributed by atoms with Crippen LogP contribution in [0.2, 0.25) is 0 Å². The third kappa shape index (κ3) is 5.60. The molecule has 0 aliphatic carbocycles. The van der Waals surface area contributed by atoms with Gasteiger partial charge < -0.3 is 13.9 Å². The fraction of sp³-hybridized carbons (Fsp3) is 0.320. The van der Waals surface area contributed by atoms with Crippen LogP contribution < -0.4 is 14.9 Å². The molecule has 6 heteroatoms. The van der Waals surface area contributed by atoms with Gasteiger partial charge in [0.15, 0.2) is 16.8 Å². The number of fused-ring (bicyclic) bond motifs is 1. The number of carbonyl (C=O) groups excluding carboxylic acids is 2. The van der Waals surface area contributed by atoms with Crippen molar-refractivity contribution in [2.24, 2.45) is 11.8 Å². The molecule has 1 heterocycles. The topological polar surface area (TPSA) is 82.8 Å². The summed E-state index contributed by atoms with van der Waals surface area (Å²) in [5.74, 6) is -0.485. The van der Waals surface area contributed by atoms with E-state index < -0.39 is 11.9 Å². The summed E-state index contributed by atoms with van der Waals surface area (Å²) in [6, 6.07) is 13.5. The third-order valence-corrected chi connectivity index (χ3v) is 4.46. The Morgan fingerprint density at radius 2 is 1.48 bits per heavy atom. The van der Waals surface area contributed by atoms with Gasteiger partial charge in [0.05, 0.1) is 5.39 Å². The van der Waals surface area contributed by atoms with Crippen LogP contribution in [-0.2, 0) is 9.59 Å². The smallest absolute Gasteiger partial charge is 0.311 e. The van der Waals surface area contributed by atoms with Gasteiger partial charge in [0.1, 0.15) is 5.76 Å². The highest BCUT2D eigenvalue weighted by molar-refractivity contribution is 5.90. The van der Waals surface area contributed by atoms with Crippen molar-refractivity contribution in [3.8, 4) is 22.8 Å². The molecule has 1 aromatic heterocycles. The molecule has 3 rings (SSSR count). The Balaban J connectivity index is 2.15. The predicted molar refractivity (Wildman–Crippen MR) is 118 cm³/mol. The van der Waals surface area contributed by atoms with Crippen LogP contribution in [0.3, 0.4) is 0 Å². The van der Waals surface area contributed by atoms with Gasteiger partial charge in [0.25, 0.3) is 0 Å². The Bertz CT molecular complexity index is 1140. The van der Waals surface area contributed by atoms with Crippen molar-refractivity contribution in [2.75, 3.05) is 0 Å². The van der Waals surface area contributed by atoms with E-state index in [1.165, 1.54) is 18.2 Å². The van der Waals surface area contributed by atoms with Gasteiger partial charge in [-0.05, 0) is 24.0 Å². The SMILES string of the molecule is CC(C)CC(=O)Oc1ccc2c(=O)cc(-c3ccccc3)oc2c1OC(=O)CC(C)C. The molecule has 31 heavy (non-hydrogen) atoms. The molecule has 0 fully saturated rings. The van der Waals surface area contributed by atoms with Crippen LogP contribution in [0.15, 0.2) is 57.7 Å². The number of benzene rings is 2. The summed E-state index contributed by atoms with van der Waals surface area (Å²) in [6.07, 6.45) is 0.365. The van der Waals surface area contributed by atoms with Crippen molar-refractivity contribution in [1.82, 2.24) is 0 Å². The fourth-order valence-electron chi connectivity index (χ4n) is 3.08. The molecule has 0 saturated heterocycles. The normalized spacial score (nSPS) is 11.2. The van der Waals surface area contributed by atoms with Crippen molar-refractivity contribution < 1.29 is 23.5 Å². The number of ether oxygens (including phenoxy) is 2. The largest absolute Gasteiger partial charge is 0.452 e. The van der Waals surface area contributed by atoms with Crippen molar-refractivity contribution in [3.63, 3.8) is 0 Å².